The van der Waals surface area contributed by atoms with Crippen LogP contribution < -0.4 is 5.73 Å². The van der Waals surface area contributed by atoms with Gasteiger partial charge in [0, 0.05) is 18.0 Å². The van der Waals surface area contributed by atoms with Gasteiger partial charge < -0.3 is 15.4 Å². The van der Waals surface area contributed by atoms with E-state index in [1.54, 1.807) is 26.2 Å². The second-order valence-electron chi connectivity index (χ2n) is 8.27. The molecule has 7 nitrogen and oxygen atoms in total. The van der Waals surface area contributed by atoms with Gasteiger partial charge in [0.25, 0.3) is 0 Å². The van der Waals surface area contributed by atoms with Gasteiger partial charge in [0.2, 0.25) is 11.8 Å². The SMILES string of the molecule is CC(C)C(C)(c1ccc(-c2cnc(N)nc2)cc1)c1noc(CC(C)(C)O)n1. The van der Waals surface area contributed by atoms with Crippen LogP contribution in [0.5, 0.6) is 0 Å². The largest absolute Gasteiger partial charge is 0.390 e. The van der Waals surface area contributed by atoms with Crippen molar-refractivity contribution in [3.05, 3.63) is 53.9 Å². The molecule has 0 spiro atoms. The van der Waals surface area contributed by atoms with Gasteiger partial charge in [-0.15, -0.1) is 0 Å². The van der Waals surface area contributed by atoms with E-state index < -0.39 is 11.0 Å². The van der Waals surface area contributed by atoms with E-state index in [0.29, 0.717) is 18.1 Å². The van der Waals surface area contributed by atoms with Crippen molar-refractivity contribution in [2.45, 2.75) is 52.1 Å². The molecular formula is C21H27N5O2. The Morgan fingerprint density at radius 2 is 1.64 bits per heavy atom. The van der Waals surface area contributed by atoms with E-state index >= 15 is 0 Å². The third-order valence-electron chi connectivity index (χ3n) is 5.16. The first-order valence-corrected chi connectivity index (χ1v) is 9.33. The summed E-state index contributed by atoms with van der Waals surface area (Å²) in [6, 6.07) is 8.20. The van der Waals surface area contributed by atoms with E-state index in [1.165, 1.54) is 0 Å². The van der Waals surface area contributed by atoms with E-state index in [0.717, 1.165) is 16.7 Å². The van der Waals surface area contributed by atoms with Gasteiger partial charge >= 0.3 is 0 Å². The van der Waals surface area contributed by atoms with Crippen LogP contribution in [0.2, 0.25) is 0 Å². The molecule has 0 bridgehead atoms. The zero-order valence-corrected chi connectivity index (χ0v) is 17.0. The quantitative estimate of drug-likeness (QED) is 0.673. The van der Waals surface area contributed by atoms with Gasteiger partial charge in [-0.2, -0.15) is 4.98 Å². The lowest BCUT2D eigenvalue weighted by atomic mass is 9.72. The van der Waals surface area contributed by atoms with Crippen LogP contribution >= 0.6 is 0 Å². The van der Waals surface area contributed by atoms with Crippen molar-refractivity contribution in [1.82, 2.24) is 20.1 Å². The number of rotatable bonds is 6. The summed E-state index contributed by atoms with van der Waals surface area (Å²) >= 11 is 0. The zero-order chi connectivity index (χ0) is 20.5. The average Bonchev–Trinajstić information content (AvgIpc) is 3.08. The van der Waals surface area contributed by atoms with Crippen molar-refractivity contribution < 1.29 is 9.63 Å². The molecule has 0 aliphatic rings. The fourth-order valence-electron chi connectivity index (χ4n) is 3.12. The molecular weight excluding hydrogens is 354 g/mol. The Bertz CT molecular complexity index is 927. The molecule has 0 radical (unpaired) electrons. The Balaban J connectivity index is 1.94. The highest BCUT2D eigenvalue weighted by Gasteiger charge is 2.37. The maximum atomic E-state index is 10.0. The average molecular weight is 381 g/mol. The van der Waals surface area contributed by atoms with Gasteiger partial charge in [0.1, 0.15) is 0 Å². The van der Waals surface area contributed by atoms with Crippen LogP contribution in [-0.2, 0) is 11.8 Å². The summed E-state index contributed by atoms with van der Waals surface area (Å²) in [5, 5.41) is 14.2. The van der Waals surface area contributed by atoms with Crippen LogP contribution in [0.3, 0.4) is 0 Å². The van der Waals surface area contributed by atoms with Crippen molar-refractivity contribution >= 4 is 5.95 Å². The molecule has 3 rings (SSSR count). The van der Waals surface area contributed by atoms with Gasteiger partial charge in [-0.25, -0.2) is 9.97 Å². The van der Waals surface area contributed by atoms with Gasteiger partial charge in [-0.05, 0) is 37.8 Å². The van der Waals surface area contributed by atoms with E-state index in [2.05, 4.69) is 53.0 Å². The molecule has 2 heterocycles. The molecule has 3 N–H and O–H groups in total. The lowest BCUT2D eigenvalue weighted by Crippen LogP contribution is -2.31. The molecule has 2 aromatic heterocycles. The molecule has 0 aliphatic heterocycles. The predicted molar refractivity (Wildman–Crippen MR) is 107 cm³/mol. The second-order valence-corrected chi connectivity index (χ2v) is 8.27. The molecule has 0 saturated heterocycles. The number of hydrogen-bond acceptors (Lipinski definition) is 7. The Morgan fingerprint density at radius 3 is 2.18 bits per heavy atom. The van der Waals surface area contributed by atoms with E-state index in [1.807, 2.05) is 12.1 Å². The smallest absolute Gasteiger partial charge is 0.229 e. The van der Waals surface area contributed by atoms with Crippen LogP contribution in [0.25, 0.3) is 11.1 Å². The van der Waals surface area contributed by atoms with Crippen molar-refractivity contribution in [1.29, 1.82) is 0 Å². The van der Waals surface area contributed by atoms with Crippen molar-refractivity contribution in [2.24, 2.45) is 5.92 Å². The summed E-state index contributed by atoms with van der Waals surface area (Å²) in [5.41, 5.74) is 7.22. The van der Waals surface area contributed by atoms with Crippen LogP contribution in [0.15, 0.2) is 41.2 Å². The lowest BCUT2D eigenvalue weighted by molar-refractivity contribution is 0.0718. The van der Waals surface area contributed by atoms with Gasteiger partial charge in [0.05, 0.1) is 17.4 Å². The standard InChI is InChI=1S/C21H27N5O2/c1-13(2)21(5,18-25-17(28-26-18)10-20(3,4)27)16-8-6-14(7-9-16)15-11-23-19(22)24-12-15/h6-9,11-13,27H,10H2,1-5H3,(H2,22,23,24). The van der Waals surface area contributed by atoms with Crippen LogP contribution in [0, 0.1) is 5.92 Å². The maximum Gasteiger partial charge on any atom is 0.229 e. The highest BCUT2D eigenvalue weighted by molar-refractivity contribution is 5.62. The number of benzene rings is 1. The lowest BCUT2D eigenvalue weighted by Gasteiger charge is -2.31. The normalized spacial score (nSPS) is 14.2. The minimum Gasteiger partial charge on any atom is -0.390 e. The van der Waals surface area contributed by atoms with Crippen molar-refractivity contribution in [2.75, 3.05) is 5.73 Å². The number of aromatic nitrogens is 4. The Morgan fingerprint density at radius 1 is 1.04 bits per heavy atom. The third-order valence-corrected chi connectivity index (χ3v) is 5.16. The fraction of sp³-hybridized carbons (Fsp3) is 0.429. The highest BCUT2D eigenvalue weighted by Crippen LogP contribution is 2.38. The van der Waals surface area contributed by atoms with Gasteiger partial charge in [0.15, 0.2) is 5.82 Å². The summed E-state index contributed by atoms with van der Waals surface area (Å²) in [5.74, 6) is 1.54. The van der Waals surface area contributed by atoms with Crippen LogP contribution in [0.4, 0.5) is 5.95 Å². The van der Waals surface area contributed by atoms with Gasteiger partial charge in [-0.3, -0.25) is 0 Å². The Hall–Kier alpha value is -2.80. The second kappa shape index (κ2) is 7.31. The minimum absolute atomic E-state index is 0.228. The summed E-state index contributed by atoms with van der Waals surface area (Å²) < 4.78 is 5.41. The molecule has 0 saturated carbocycles. The number of nitrogens with two attached hydrogens (primary N) is 1. The van der Waals surface area contributed by atoms with Crippen molar-refractivity contribution in [3.63, 3.8) is 0 Å². The topological polar surface area (TPSA) is 111 Å². The number of nitrogen functional groups attached to an aromatic ring is 1. The fourth-order valence-corrected chi connectivity index (χ4v) is 3.12. The summed E-state index contributed by atoms with van der Waals surface area (Å²) in [7, 11) is 0. The summed E-state index contributed by atoms with van der Waals surface area (Å²) in [6.45, 7) is 9.81. The van der Waals surface area contributed by atoms with E-state index in [-0.39, 0.29) is 11.9 Å². The van der Waals surface area contributed by atoms with Crippen LogP contribution in [0.1, 0.15) is 51.9 Å². The predicted octanol–water partition coefficient (Wildman–Crippen LogP) is 3.38. The molecule has 28 heavy (non-hydrogen) atoms. The molecule has 1 atom stereocenters. The van der Waals surface area contributed by atoms with Crippen molar-refractivity contribution in [3.8, 4) is 11.1 Å². The number of hydrogen-bond donors (Lipinski definition) is 2. The van der Waals surface area contributed by atoms with Crippen LogP contribution in [-0.4, -0.2) is 30.8 Å². The highest BCUT2D eigenvalue weighted by atomic mass is 16.5. The molecule has 7 heteroatoms. The Labute approximate surface area is 165 Å². The molecule has 0 aliphatic carbocycles. The summed E-state index contributed by atoms with van der Waals surface area (Å²) in [4.78, 5) is 12.7. The molecule has 1 unspecified atom stereocenters. The molecule has 148 valence electrons. The molecule has 3 aromatic rings. The number of nitrogens with zero attached hydrogens (tertiary/aromatic N) is 4. The number of aliphatic hydroxyl groups is 1. The maximum absolute atomic E-state index is 10.0. The first-order chi connectivity index (χ1) is 13.1. The van der Waals surface area contributed by atoms with E-state index in [9.17, 15) is 5.11 Å². The first kappa shape index (κ1) is 19.9. The van der Waals surface area contributed by atoms with Gasteiger partial charge in [-0.1, -0.05) is 43.3 Å². The Kier molecular flexibility index (Phi) is 5.21. The van der Waals surface area contributed by atoms with E-state index in [4.69, 9.17) is 10.3 Å². The molecule has 0 fully saturated rings. The first-order valence-electron chi connectivity index (χ1n) is 9.33. The third kappa shape index (κ3) is 4.04. The monoisotopic (exact) mass is 381 g/mol. The minimum atomic E-state index is -0.902. The summed E-state index contributed by atoms with van der Waals surface area (Å²) in [6.07, 6.45) is 3.73. The molecule has 0 amide bonds. The molecule has 1 aromatic carbocycles. The zero-order valence-electron chi connectivity index (χ0n) is 17.0. The number of anilines is 1.